The summed E-state index contributed by atoms with van der Waals surface area (Å²) in [6, 6.07) is 1.77. The molecule has 8 heteroatoms. The number of rotatable bonds is 3. The Labute approximate surface area is 146 Å². The van der Waals surface area contributed by atoms with Crippen LogP contribution in [0, 0.1) is 13.8 Å². The molecule has 1 aliphatic rings. The molecule has 2 N–H and O–H groups in total. The third-order valence-electron chi connectivity index (χ3n) is 5.00. The molecule has 0 bridgehead atoms. The van der Waals surface area contributed by atoms with E-state index in [0.29, 0.717) is 30.8 Å². The molecule has 0 unspecified atom stereocenters. The molecule has 1 fully saturated rings. The number of aryl methyl sites for hydroxylation is 3. The summed E-state index contributed by atoms with van der Waals surface area (Å²) in [6.45, 7) is 4.24. The number of aliphatic hydroxyl groups excluding tert-OH is 1. The lowest BCUT2D eigenvalue weighted by atomic mass is 9.93. The van der Waals surface area contributed by atoms with Crippen LogP contribution in [-0.4, -0.2) is 65.9 Å². The van der Waals surface area contributed by atoms with Crippen LogP contribution in [0.4, 0.5) is 0 Å². The SMILES string of the molecule is Cc1nn(C)c(C)c1-c1cc(C(=O)N2CCC[C@@](O)(CO)C2)n(C)n1. The highest BCUT2D eigenvalue weighted by Crippen LogP contribution is 2.27. The number of nitrogens with zero attached hydrogens (tertiary/aromatic N) is 5. The van der Waals surface area contributed by atoms with E-state index in [9.17, 15) is 15.0 Å². The molecule has 2 aromatic rings. The Hall–Kier alpha value is -2.19. The summed E-state index contributed by atoms with van der Waals surface area (Å²) in [5, 5.41) is 28.6. The molecule has 8 nitrogen and oxygen atoms in total. The first-order valence-electron chi connectivity index (χ1n) is 8.43. The Morgan fingerprint density at radius 3 is 2.60 bits per heavy atom. The minimum absolute atomic E-state index is 0.133. The number of aromatic nitrogens is 4. The highest BCUT2D eigenvalue weighted by molar-refractivity contribution is 5.94. The maximum atomic E-state index is 12.9. The van der Waals surface area contributed by atoms with Crippen molar-refractivity contribution >= 4 is 5.91 Å². The highest BCUT2D eigenvalue weighted by Gasteiger charge is 2.35. The second-order valence-electron chi connectivity index (χ2n) is 6.92. The number of aliphatic hydroxyl groups is 2. The molecule has 1 aliphatic heterocycles. The largest absolute Gasteiger partial charge is 0.393 e. The van der Waals surface area contributed by atoms with Crippen molar-refractivity contribution in [2.24, 2.45) is 14.1 Å². The van der Waals surface area contributed by atoms with Crippen molar-refractivity contribution in [2.75, 3.05) is 19.7 Å². The molecule has 0 spiro atoms. The van der Waals surface area contributed by atoms with Crippen molar-refractivity contribution in [1.82, 2.24) is 24.5 Å². The van der Waals surface area contributed by atoms with Crippen LogP contribution in [-0.2, 0) is 14.1 Å². The smallest absolute Gasteiger partial charge is 0.272 e. The van der Waals surface area contributed by atoms with Crippen LogP contribution in [0.2, 0.25) is 0 Å². The lowest BCUT2D eigenvalue weighted by Crippen LogP contribution is -2.52. The topological polar surface area (TPSA) is 96.4 Å². The first-order valence-corrected chi connectivity index (χ1v) is 8.43. The van der Waals surface area contributed by atoms with E-state index in [1.807, 2.05) is 20.9 Å². The molecule has 25 heavy (non-hydrogen) atoms. The monoisotopic (exact) mass is 347 g/mol. The van der Waals surface area contributed by atoms with Crippen molar-refractivity contribution in [3.63, 3.8) is 0 Å². The molecule has 1 amide bonds. The van der Waals surface area contributed by atoms with Gasteiger partial charge in [-0.1, -0.05) is 0 Å². The van der Waals surface area contributed by atoms with Gasteiger partial charge in [0.1, 0.15) is 11.3 Å². The summed E-state index contributed by atoms with van der Waals surface area (Å²) < 4.78 is 3.36. The van der Waals surface area contributed by atoms with E-state index >= 15 is 0 Å². The van der Waals surface area contributed by atoms with Crippen molar-refractivity contribution in [2.45, 2.75) is 32.3 Å². The molecule has 1 atom stereocenters. The van der Waals surface area contributed by atoms with Gasteiger partial charge in [-0.25, -0.2) is 0 Å². The minimum Gasteiger partial charge on any atom is -0.393 e. The zero-order valence-electron chi connectivity index (χ0n) is 15.2. The third-order valence-corrected chi connectivity index (χ3v) is 5.00. The van der Waals surface area contributed by atoms with E-state index in [1.165, 1.54) is 0 Å². The summed E-state index contributed by atoms with van der Waals surface area (Å²) in [5.41, 5.74) is 2.74. The van der Waals surface area contributed by atoms with Crippen molar-refractivity contribution in [3.8, 4) is 11.3 Å². The number of carbonyl (C=O) groups is 1. The summed E-state index contributed by atoms with van der Waals surface area (Å²) in [4.78, 5) is 14.5. The van der Waals surface area contributed by atoms with Crippen LogP contribution in [0.3, 0.4) is 0 Å². The lowest BCUT2D eigenvalue weighted by molar-refractivity contribution is -0.0600. The summed E-state index contributed by atoms with van der Waals surface area (Å²) in [5.74, 6) is -0.188. The maximum Gasteiger partial charge on any atom is 0.272 e. The normalized spacial score (nSPS) is 21.0. The molecule has 3 rings (SSSR count). The van der Waals surface area contributed by atoms with Crippen LogP contribution >= 0.6 is 0 Å². The zero-order chi connectivity index (χ0) is 18.4. The summed E-state index contributed by atoms with van der Waals surface area (Å²) in [7, 11) is 3.62. The Balaban J connectivity index is 1.91. The Morgan fingerprint density at radius 2 is 2.00 bits per heavy atom. The second-order valence-corrected chi connectivity index (χ2v) is 6.92. The van der Waals surface area contributed by atoms with Gasteiger partial charge < -0.3 is 15.1 Å². The van der Waals surface area contributed by atoms with Crippen LogP contribution < -0.4 is 0 Å². The van der Waals surface area contributed by atoms with Crippen LogP contribution in [0.1, 0.15) is 34.7 Å². The maximum absolute atomic E-state index is 12.9. The second kappa shape index (κ2) is 6.27. The van der Waals surface area contributed by atoms with E-state index in [1.54, 1.807) is 27.4 Å². The molecular weight excluding hydrogens is 322 g/mol. The Morgan fingerprint density at radius 1 is 1.28 bits per heavy atom. The fourth-order valence-electron chi connectivity index (χ4n) is 3.51. The standard InChI is InChI=1S/C17H25N5O3/c1-11-15(12(2)20(3)18-11)13-8-14(21(4)19-13)16(24)22-7-5-6-17(25,9-22)10-23/h8,23,25H,5-7,9-10H2,1-4H3/t17-/m0/s1. The van der Waals surface area contributed by atoms with Crippen molar-refractivity contribution in [3.05, 3.63) is 23.1 Å². The van der Waals surface area contributed by atoms with Gasteiger partial charge in [-0.3, -0.25) is 14.2 Å². The predicted octanol–water partition coefficient (Wildman–Crippen LogP) is 0.397. The van der Waals surface area contributed by atoms with Gasteiger partial charge >= 0.3 is 0 Å². The number of carbonyl (C=O) groups excluding carboxylic acids is 1. The molecule has 0 aromatic carbocycles. The van der Waals surface area contributed by atoms with Gasteiger partial charge in [-0.05, 0) is 32.8 Å². The summed E-state index contributed by atoms with van der Waals surface area (Å²) in [6.07, 6.45) is 1.16. The van der Waals surface area contributed by atoms with E-state index < -0.39 is 5.60 Å². The van der Waals surface area contributed by atoms with Gasteiger partial charge in [0.2, 0.25) is 0 Å². The molecule has 0 saturated carbocycles. The van der Waals surface area contributed by atoms with Crippen LogP contribution in [0.15, 0.2) is 6.07 Å². The van der Waals surface area contributed by atoms with E-state index in [4.69, 9.17) is 0 Å². The lowest BCUT2D eigenvalue weighted by Gasteiger charge is -2.37. The number of amides is 1. The molecule has 0 radical (unpaired) electrons. The average Bonchev–Trinajstić information content (AvgIpc) is 3.06. The molecule has 3 heterocycles. The number of hydrogen-bond donors (Lipinski definition) is 2. The van der Waals surface area contributed by atoms with E-state index in [2.05, 4.69) is 10.2 Å². The van der Waals surface area contributed by atoms with E-state index in [-0.39, 0.29) is 19.1 Å². The Bertz CT molecular complexity index is 810. The van der Waals surface area contributed by atoms with Gasteiger partial charge in [0.15, 0.2) is 0 Å². The number of hydrogen-bond acceptors (Lipinski definition) is 5. The predicted molar refractivity (Wildman–Crippen MR) is 92.1 cm³/mol. The summed E-state index contributed by atoms with van der Waals surface area (Å²) >= 11 is 0. The molecule has 136 valence electrons. The first-order chi connectivity index (χ1) is 11.8. The van der Waals surface area contributed by atoms with Gasteiger partial charge in [0, 0.05) is 31.9 Å². The number of β-amino-alcohol motifs (C(OH)–C–C–N with tert-alkyl or cyclic N) is 1. The van der Waals surface area contributed by atoms with Gasteiger partial charge in [-0.2, -0.15) is 10.2 Å². The fourth-order valence-corrected chi connectivity index (χ4v) is 3.51. The van der Waals surface area contributed by atoms with Crippen molar-refractivity contribution in [1.29, 1.82) is 0 Å². The minimum atomic E-state index is -1.22. The first kappa shape index (κ1) is 17.6. The molecular formula is C17H25N5O3. The fraction of sp³-hybridized carbons (Fsp3) is 0.588. The molecule has 1 saturated heterocycles. The quantitative estimate of drug-likeness (QED) is 0.838. The Kier molecular flexibility index (Phi) is 4.42. The zero-order valence-corrected chi connectivity index (χ0v) is 15.2. The van der Waals surface area contributed by atoms with Crippen LogP contribution in [0.5, 0.6) is 0 Å². The van der Waals surface area contributed by atoms with Crippen molar-refractivity contribution < 1.29 is 15.0 Å². The molecule has 0 aliphatic carbocycles. The van der Waals surface area contributed by atoms with E-state index in [0.717, 1.165) is 17.0 Å². The number of likely N-dealkylation sites (tertiary alicyclic amines) is 1. The van der Waals surface area contributed by atoms with Gasteiger partial charge in [0.05, 0.1) is 24.5 Å². The third kappa shape index (κ3) is 3.07. The molecule has 2 aromatic heterocycles. The average molecular weight is 347 g/mol. The van der Waals surface area contributed by atoms with Gasteiger partial charge in [0.25, 0.3) is 5.91 Å². The number of piperidine rings is 1. The van der Waals surface area contributed by atoms with Crippen LogP contribution in [0.25, 0.3) is 11.3 Å². The van der Waals surface area contributed by atoms with Gasteiger partial charge in [-0.15, -0.1) is 0 Å². The highest BCUT2D eigenvalue weighted by atomic mass is 16.3.